The molecule has 4 heteroatoms. The van der Waals surface area contributed by atoms with Gasteiger partial charge in [0.05, 0.1) is 0 Å². The Morgan fingerprint density at radius 1 is 1.21 bits per heavy atom. The Bertz CT molecular complexity index is 873. The van der Waals surface area contributed by atoms with Crippen LogP contribution in [0.1, 0.15) is 55.0 Å². The van der Waals surface area contributed by atoms with Crippen LogP contribution in [0, 0.1) is 19.3 Å². The fraction of sp³-hybridized carbons (Fsp3) is 0.400. The Kier molecular flexibility index (Phi) is 3.21. The van der Waals surface area contributed by atoms with Crippen LogP contribution in [0.5, 0.6) is 0 Å². The van der Waals surface area contributed by atoms with Crippen LogP contribution in [0.3, 0.4) is 0 Å². The van der Waals surface area contributed by atoms with Gasteiger partial charge in [-0.3, -0.25) is 9.89 Å². The number of H-pyrrole nitrogens is 1. The molecule has 0 bridgehead atoms. The van der Waals surface area contributed by atoms with E-state index in [0.717, 1.165) is 41.2 Å². The number of anilines is 1. The minimum atomic E-state index is -0.309. The molecule has 1 aromatic heterocycles. The fourth-order valence-corrected chi connectivity index (χ4v) is 4.02. The molecular weight excluding hydrogens is 298 g/mol. The third-order valence-electron chi connectivity index (χ3n) is 5.53. The van der Waals surface area contributed by atoms with E-state index in [1.807, 2.05) is 13.0 Å². The average molecular weight is 321 g/mol. The summed E-state index contributed by atoms with van der Waals surface area (Å²) < 4.78 is 0. The summed E-state index contributed by atoms with van der Waals surface area (Å²) in [5.74, 6) is 1.09. The largest absolute Gasteiger partial charge is 0.342 e. The molecule has 24 heavy (non-hydrogen) atoms. The third-order valence-corrected chi connectivity index (χ3v) is 5.53. The number of nitrogens with zero attached hydrogens (tertiary/aromatic N) is 1. The third kappa shape index (κ3) is 2.05. The van der Waals surface area contributed by atoms with E-state index in [4.69, 9.17) is 0 Å². The predicted molar refractivity (Wildman–Crippen MR) is 95.0 cm³/mol. The summed E-state index contributed by atoms with van der Waals surface area (Å²) in [5, 5.41) is 10.9. The van der Waals surface area contributed by atoms with E-state index in [1.54, 1.807) is 0 Å². The number of allylic oxidation sites excluding steroid dienone is 2. The number of hydrogen-bond acceptors (Lipinski definition) is 3. The van der Waals surface area contributed by atoms with Gasteiger partial charge in [-0.25, -0.2) is 0 Å². The number of aromatic amines is 1. The molecule has 2 aliphatic rings. The molecule has 0 spiro atoms. The average Bonchev–Trinajstić information content (AvgIpc) is 2.91. The minimum Gasteiger partial charge on any atom is -0.342 e. The van der Waals surface area contributed by atoms with E-state index < -0.39 is 0 Å². The maximum Gasteiger partial charge on any atom is 0.167 e. The number of aryl methyl sites for hydroxylation is 2. The molecule has 2 aromatic rings. The van der Waals surface area contributed by atoms with Crippen LogP contribution < -0.4 is 5.32 Å². The van der Waals surface area contributed by atoms with Gasteiger partial charge in [-0.2, -0.15) is 5.10 Å². The lowest BCUT2D eigenvalue weighted by atomic mass is 9.67. The minimum absolute atomic E-state index is 0.0386. The van der Waals surface area contributed by atoms with Crippen molar-refractivity contribution < 1.29 is 4.79 Å². The molecular formula is C20H23N3O. The van der Waals surface area contributed by atoms with Crippen LogP contribution >= 0.6 is 0 Å². The van der Waals surface area contributed by atoms with E-state index in [1.165, 1.54) is 11.1 Å². The SMILES string of the molecule is Cc1ccccc1C1C2=C(CCC(C)(C)C2=O)Nc2n[nH]c(C)c21. The quantitative estimate of drug-likeness (QED) is 0.826. The van der Waals surface area contributed by atoms with Crippen LogP contribution in [0.4, 0.5) is 5.82 Å². The second-order valence-electron chi connectivity index (χ2n) is 7.63. The first kappa shape index (κ1) is 15.2. The van der Waals surface area contributed by atoms with Crippen molar-refractivity contribution in [2.75, 3.05) is 5.32 Å². The highest BCUT2D eigenvalue weighted by Crippen LogP contribution is 2.49. The molecule has 1 unspecified atom stereocenters. The normalized spacial score (nSPS) is 22.0. The van der Waals surface area contributed by atoms with Crippen LogP contribution in [-0.2, 0) is 4.79 Å². The number of nitrogens with one attached hydrogen (secondary N) is 2. The molecule has 124 valence electrons. The van der Waals surface area contributed by atoms with Crippen molar-refractivity contribution >= 4 is 11.6 Å². The zero-order valence-corrected chi connectivity index (χ0v) is 14.7. The Labute approximate surface area is 142 Å². The number of carbonyl (C=O) groups excluding carboxylic acids is 1. The maximum atomic E-state index is 13.3. The molecule has 0 amide bonds. The number of rotatable bonds is 1. The highest BCUT2D eigenvalue weighted by atomic mass is 16.1. The van der Waals surface area contributed by atoms with Crippen LogP contribution in [0.15, 0.2) is 35.5 Å². The molecule has 2 heterocycles. The number of Topliss-reactive ketones (excluding diaryl/α,β-unsaturated/α-hetero) is 1. The molecule has 1 aliphatic carbocycles. The number of benzene rings is 1. The van der Waals surface area contributed by atoms with E-state index in [2.05, 4.69) is 54.5 Å². The van der Waals surface area contributed by atoms with Crippen molar-refractivity contribution in [3.63, 3.8) is 0 Å². The van der Waals surface area contributed by atoms with Crippen molar-refractivity contribution in [1.82, 2.24) is 10.2 Å². The Morgan fingerprint density at radius 2 is 1.96 bits per heavy atom. The Morgan fingerprint density at radius 3 is 2.71 bits per heavy atom. The first-order chi connectivity index (χ1) is 11.4. The zero-order valence-electron chi connectivity index (χ0n) is 14.7. The predicted octanol–water partition coefficient (Wildman–Crippen LogP) is 4.23. The van der Waals surface area contributed by atoms with Gasteiger partial charge in [0.15, 0.2) is 11.6 Å². The summed E-state index contributed by atoms with van der Waals surface area (Å²) in [6.45, 7) is 8.27. The standard InChI is InChI=1S/C20H23N3O/c1-11-7-5-6-8-13(11)16-15-12(2)22-23-19(15)21-14-9-10-20(3,4)18(24)17(14)16/h5-8,16H,9-10H2,1-4H3,(H2,21,22,23). The summed E-state index contributed by atoms with van der Waals surface area (Å²) in [6.07, 6.45) is 1.76. The van der Waals surface area contributed by atoms with E-state index in [-0.39, 0.29) is 17.1 Å². The van der Waals surface area contributed by atoms with Gasteiger partial charge in [0.1, 0.15) is 0 Å². The summed E-state index contributed by atoms with van der Waals surface area (Å²) in [6, 6.07) is 8.36. The van der Waals surface area contributed by atoms with Gasteiger partial charge in [-0.05, 0) is 37.8 Å². The van der Waals surface area contributed by atoms with Gasteiger partial charge in [-0.15, -0.1) is 0 Å². The molecule has 0 saturated heterocycles. The van der Waals surface area contributed by atoms with Crippen molar-refractivity contribution in [2.45, 2.75) is 46.5 Å². The van der Waals surface area contributed by atoms with Crippen LogP contribution in [-0.4, -0.2) is 16.0 Å². The van der Waals surface area contributed by atoms with Gasteiger partial charge >= 0.3 is 0 Å². The highest BCUT2D eigenvalue weighted by molar-refractivity contribution is 6.04. The number of ketones is 1. The summed E-state index contributed by atoms with van der Waals surface area (Å²) >= 11 is 0. The lowest BCUT2D eigenvalue weighted by Gasteiger charge is -2.38. The topological polar surface area (TPSA) is 57.8 Å². The monoisotopic (exact) mass is 321 g/mol. The fourth-order valence-electron chi connectivity index (χ4n) is 4.02. The maximum absolute atomic E-state index is 13.3. The van der Waals surface area contributed by atoms with E-state index in [0.29, 0.717) is 0 Å². The van der Waals surface area contributed by atoms with E-state index >= 15 is 0 Å². The molecule has 1 atom stereocenters. The summed E-state index contributed by atoms with van der Waals surface area (Å²) in [4.78, 5) is 13.3. The summed E-state index contributed by atoms with van der Waals surface area (Å²) in [5.41, 5.74) is 6.20. The number of aromatic nitrogens is 2. The zero-order chi connectivity index (χ0) is 17.1. The smallest absolute Gasteiger partial charge is 0.167 e. The Balaban J connectivity index is 1.99. The molecule has 0 fully saturated rings. The van der Waals surface area contributed by atoms with Crippen molar-refractivity contribution in [3.8, 4) is 0 Å². The second-order valence-corrected chi connectivity index (χ2v) is 7.63. The Hall–Kier alpha value is -2.36. The van der Waals surface area contributed by atoms with Crippen molar-refractivity contribution in [2.24, 2.45) is 5.41 Å². The molecule has 1 aliphatic heterocycles. The molecule has 0 saturated carbocycles. The second kappa shape index (κ2) is 5.07. The van der Waals surface area contributed by atoms with Crippen molar-refractivity contribution in [1.29, 1.82) is 0 Å². The van der Waals surface area contributed by atoms with Gasteiger partial charge in [-0.1, -0.05) is 38.1 Å². The van der Waals surface area contributed by atoms with Gasteiger partial charge in [0.2, 0.25) is 0 Å². The first-order valence-corrected chi connectivity index (χ1v) is 8.55. The van der Waals surface area contributed by atoms with Crippen molar-refractivity contribution in [3.05, 3.63) is 57.9 Å². The van der Waals surface area contributed by atoms with Gasteiger partial charge < -0.3 is 5.32 Å². The van der Waals surface area contributed by atoms with Crippen LogP contribution in [0.25, 0.3) is 0 Å². The molecule has 0 radical (unpaired) electrons. The van der Waals surface area contributed by atoms with Crippen LogP contribution in [0.2, 0.25) is 0 Å². The first-order valence-electron chi connectivity index (χ1n) is 8.55. The van der Waals surface area contributed by atoms with Gasteiger partial charge in [0.25, 0.3) is 0 Å². The number of fused-ring (bicyclic) bond motifs is 1. The highest BCUT2D eigenvalue weighted by Gasteiger charge is 2.44. The molecule has 4 rings (SSSR count). The van der Waals surface area contributed by atoms with E-state index in [9.17, 15) is 4.79 Å². The lowest BCUT2D eigenvalue weighted by molar-refractivity contribution is -0.124. The van der Waals surface area contributed by atoms with Gasteiger partial charge in [0, 0.05) is 33.9 Å². The lowest BCUT2D eigenvalue weighted by Crippen LogP contribution is -2.37. The molecule has 1 aromatic carbocycles. The molecule has 2 N–H and O–H groups in total. The molecule has 4 nitrogen and oxygen atoms in total. The summed E-state index contributed by atoms with van der Waals surface area (Å²) in [7, 11) is 0. The number of carbonyl (C=O) groups is 1. The number of hydrogen-bond donors (Lipinski definition) is 2.